The topological polar surface area (TPSA) is 138 Å². The van der Waals surface area contributed by atoms with Crippen molar-refractivity contribution >= 4 is 48.9 Å². The highest BCUT2D eigenvalue weighted by molar-refractivity contribution is 7.23. The average molecular weight is 647 g/mol. The van der Waals surface area contributed by atoms with Gasteiger partial charge in [-0.1, -0.05) is 17.7 Å². The number of hydrogen-bond acceptors (Lipinski definition) is 10. The van der Waals surface area contributed by atoms with Crippen molar-refractivity contribution in [3.63, 3.8) is 0 Å². The van der Waals surface area contributed by atoms with Gasteiger partial charge in [-0.3, -0.25) is 0 Å². The van der Waals surface area contributed by atoms with Crippen LogP contribution in [0.1, 0.15) is 31.2 Å². The van der Waals surface area contributed by atoms with Gasteiger partial charge in [0, 0.05) is 17.5 Å². The first-order valence-corrected chi connectivity index (χ1v) is 15.6. The summed E-state index contributed by atoms with van der Waals surface area (Å²) in [5.74, 6) is -1.54. The van der Waals surface area contributed by atoms with Gasteiger partial charge in [0.25, 0.3) is 0 Å². The van der Waals surface area contributed by atoms with Crippen molar-refractivity contribution in [1.82, 2.24) is 20.6 Å². The van der Waals surface area contributed by atoms with Gasteiger partial charge in [0.05, 0.1) is 39.9 Å². The summed E-state index contributed by atoms with van der Waals surface area (Å²) in [6.45, 7) is 1.53. The van der Waals surface area contributed by atoms with Gasteiger partial charge in [-0.15, -0.1) is 11.3 Å². The lowest BCUT2D eigenvalue weighted by Gasteiger charge is -2.23. The third-order valence-corrected chi connectivity index (χ3v) is 9.46. The lowest BCUT2D eigenvalue weighted by molar-refractivity contribution is 0.133. The summed E-state index contributed by atoms with van der Waals surface area (Å²) < 4.78 is 58.0. The lowest BCUT2D eigenvalue weighted by atomic mass is 9.96. The highest BCUT2D eigenvalue weighted by Crippen LogP contribution is 2.45. The zero-order valence-corrected chi connectivity index (χ0v) is 25.1. The molecule has 232 valence electrons. The number of nitrogens with two attached hydrogens (primary N) is 1. The molecule has 2 fully saturated rings. The number of halogens is 4. The summed E-state index contributed by atoms with van der Waals surface area (Å²) >= 11 is 7.59. The number of anilines is 1. The molecule has 0 amide bonds. The van der Waals surface area contributed by atoms with Crippen molar-refractivity contribution < 1.29 is 27.8 Å². The second kappa shape index (κ2) is 12.9. The highest BCUT2D eigenvalue weighted by atomic mass is 35.5. The third-order valence-electron chi connectivity index (χ3n) is 8.14. The molecule has 4 atom stereocenters. The van der Waals surface area contributed by atoms with Crippen LogP contribution in [0.2, 0.25) is 5.02 Å². The number of rotatable bonds is 7. The molecule has 5 N–H and O–H groups in total. The molecular formula is C30H30ClF3N6O3S. The summed E-state index contributed by atoms with van der Waals surface area (Å²) in [7, 11) is 0. The molecule has 9 nitrogen and oxygen atoms in total. The largest absolute Gasteiger partial charge is 0.472 e. The van der Waals surface area contributed by atoms with E-state index in [2.05, 4.69) is 20.6 Å². The van der Waals surface area contributed by atoms with E-state index in [1.165, 1.54) is 18.2 Å². The molecular weight excluding hydrogens is 617 g/mol. The molecule has 4 heterocycles. The number of aliphatic hydroxyl groups is 1. The van der Waals surface area contributed by atoms with Gasteiger partial charge in [0.15, 0.2) is 5.82 Å². The molecule has 2 aliphatic rings. The maximum atomic E-state index is 16.6. The molecule has 0 aliphatic carbocycles. The standard InChI is InChI=1S/C30H30ClF3N6O3S/c31-19-9-17-26(25(34)24(19)16-3-4-20(33)27-23(16)18(10-35)28(36)44-27)39-30(40-29(17)43-22-5-7-38-21(22)12-41)42-13-14-2-1-6-37-11-15(32)8-14/h3-4,9,14-15,21-22,37-38,41H,1-2,5-8,11-13,36H2/t14-,15-,21+,22+/m1/s1. The van der Waals surface area contributed by atoms with E-state index < -0.39 is 23.9 Å². The van der Waals surface area contributed by atoms with Crippen LogP contribution in [-0.2, 0) is 0 Å². The summed E-state index contributed by atoms with van der Waals surface area (Å²) in [6, 6.07) is 5.44. The molecule has 0 bridgehead atoms. The zero-order chi connectivity index (χ0) is 31.0. The lowest BCUT2D eigenvalue weighted by Crippen LogP contribution is -2.37. The zero-order valence-electron chi connectivity index (χ0n) is 23.5. The number of nitrogen functional groups attached to an aromatic ring is 1. The Morgan fingerprint density at radius 2 is 2.07 bits per heavy atom. The predicted octanol–water partition coefficient (Wildman–Crippen LogP) is 5.11. The van der Waals surface area contributed by atoms with Crippen LogP contribution in [0.15, 0.2) is 18.2 Å². The number of fused-ring (bicyclic) bond motifs is 2. The highest BCUT2D eigenvalue weighted by Gasteiger charge is 2.31. The monoisotopic (exact) mass is 646 g/mol. The Kier molecular flexibility index (Phi) is 8.98. The van der Waals surface area contributed by atoms with Gasteiger partial charge >= 0.3 is 6.01 Å². The first-order chi connectivity index (χ1) is 21.3. The van der Waals surface area contributed by atoms with E-state index in [0.717, 1.165) is 24.2 Å². The Bertz CT molecular complexity index is 1750. The van der Waals surface area contributed by atoms with Crippen LogP contribution in [0.5, 0.6) is 11.9 Å². The fourth-order valence-corrected chi connectivity index (χ4v) is 7.19. The van der Waals surface area contributed by atoms with Crippen molar-refractivity contribution in [1.29, 1.82) is 5.26 Å². The molecule has 0 radical (unpaired) electrons. The first kappa shape index (κ1) is 30.6. The van der Waals surface area contributed by atoms with Crippen LogP contribution in [0.3, 0.4) is 0 Å². The van der Waals surface area contributed by atoms with E-state index in [9.17, 15) is 19.1 Å². The summed E-state index contributed by atoms with van der Waals surface area (Å²) in [5, 5.41) is 26.2. The molecule has 0 saturated carbocycles. The van der Waals surface area contributed by atoms with E-state index in [0.29, 0.717) is 25.9 Å². The number of benzene rings is 2. The Morgan fingerprint density at radius 1 is 1.23 bits per heavy atom. The van der Waals surface area contributed by atoms with Gasteiger partial charge in [-0.25, -0.2) is 13.2 Å². The van der Waals surface area contributed by atoms with Crippen molar-refractivity contribution in [3.05, 3.63) is 40.4 Å². The van der Waals surface area contributed by atoms with Gasteiger partial charge in [-0.05, 0) is 62.4 Å². The Labute approximate surface area is 260 Å². The van der Waals surface area contributed by atoms with E-state index in [1.807, 2.05) is 6.07 Å². The second-order valence-corrected chi connectivity index (χ2v) is 12.5. The summed E-state index contributed by atoms with van der Waals surface area (Å²) in [6.07, 6.45) is 0.960. The number of nitrogens with one attached hydrogen (secondary N) is 2. The number of nitriles is 1. The number of nitrogens with zero attached hydrogens (tertiary/aromatic N) is 3. The van der Waals surface area contributed by atoms with Crippen LogP contribution in [0.4, 0.5) is 18.2 Å². The predicted molar refractivity (Wildman–Crippen MR) is 163 cm³/mol. The molecule has 2 saturated heterocycles. The SMILES string of the molecule is N#Cc1c(N)sc2c(F)ccc(-c3c(Cl)cc4c(O[C@H]5CCN[C@H]5CO)nc(OC[C@@H]5CCCNC[C@H](F)C5)nc4c3F)c12. The Balaban J connectivity index is 1.47. The number of aromatic nitrogens is 2. The molecule has 0 unspecified atom stereocenters. The number of hydrogen-bond donors (Lipinski definition) is 4. The average Bonchev–Trinajstić information content (AvgIpc) is 3.59. The molecule has 2 aromatic heterocycles. The number of ether oxygens (including phenoxy) is 2. The van der Waals surface area contributed by atoms with Crippen molar-refractivity contribution in [2.75, 3.05) is 38.6 Å². The van der Waals surface area contributed by atoms with Crippen LogP contribution in [-0.4, -0.2) is 66.2 Å². The van der Waals surface area contributed by atoms with Gasteiger partial charge < -0.3 is 30.9 Å². The fourth-order valence-electron chi connectivity index (χ4n) is 5.95. The molecule has 0 spiro atoms. The van der Waals surface area contributed by atoms with Crippen LogP contribution in [0, 0.1) is 28.9 Å². The minimum absolute atomic E-state index is 0.0106. The number of alkyl halides is 1. The molecule has 14 heteroatoms. The smallest absolute Gasteiger partial charge is 0.320 e. The van der Waals surface area contributed by atoms with Gasteiger partial charge in [0.2, 0.25) is 5.88 Å². The quantitative estimate of drug-likeness (QED) is 0.216. The van der Waals surface area contributed by atoms with Gasteiger partial charge in [-0.2, -0.15) is 15.2 Å². The summed E-state index contributed by atoms with van der Waals surface area (Å²) in [4.78, 5) is 8.84. The van der Waals surface area contributed by atoms with E-state index in [1.54, 1.807) is 0 Å². The molecule has 44 heavy (non-hydrogen) atoms. The molecule has 6 rings (SSSR count). The number of aliphatic hydroxyl groups excluding tert-OH is 1. The van der Waals surface area contributed by atoms with Crippen molar-refractivity contribution in [2.24, 2.45) is 5.92 Å². The summed E-state index contributed by atoms with van der Waals surface area (Å²) in [5.41, 5.74) is 5.94. The Morgan fingerprint density at radius 3 is 2.86 bits per heavy atom. The van der Waals surface area contributed by atoms with Gasteiger partial charge in [0.1, 0.15) is 34.7 Å². The van der Waals surface area contributed by atoms with E-state index in [4.69, 9.17) is 26.8 Å². The van der Waals surface area contributed by atoms with E-state index in [-0.39, 0.29) is 91.3 Å². The number of thiophene rings is 1. The first-order valence-electron chi connectivity index (χ1n) is 14.4. The minimum atomic E-state index is -1.02. The maximum absolute atomic E-state index is 16.6. The van der Waals surface area contributed by atoms with Crippen molar-refractivity contribution in [2.45, 2.75) is 44.0 Å². The second-order valence-electron chi connectivity index (χ2n) is 11.1. The molecule has 2 aromatic carbocycles. The minimum Gasteiger partial charge on any atom is -0.472 e. The Hall–Kier alpha value is -3.41. The third kappa shape index (κ3) is 5.84. The maximum Gasteiger partial charge on any atom is 0.320 e. The molecule has 4 aromatic rings. The normalized spacial score (nSPS) is 22.5. The van der Waals surface area contributed by atoms with Crippen LogP contribution in [0.25, 0.3) is 32.1 Å². The van der Waals surface area contributed by atoms with E-state index >= 15 is 4.39 Å². The fraction of sp³-hybridized carbons (Fsp3) is 0.433. The van der Waals surface area contributed by atoms with Crippen molar-refractivity contribution in [3.8, 4) is 29.1 Å². The van der Waals surface area contributed by atoms with Crippen LogP contribution >= 0.6 is 22.9 Å². The molecule has 2 aliphatic heterocycles. The van der Waals surface area contributed by atoms with Crippen LogP contribution < -0.4 is 25.8 Å².